The first kappa shape index (κ1) is 12.9. The fourth-order valence-electron chi connectivity index (χ4n) is 2.22. The molecular formula is C14H18B2N2. The van der Waals surface area contributed by atoms with Gasteiger partial charge in [0.25, 0.3) is 0 Å². The van der Waals surface area contributed by atoms with Gasteiger partial charge in [0.2, 0.25) is 0 Å². The van der Waals surface area contributed by atoms with Gasteiger partial charge in [-0.15, -0.1) is 0 Å². The first-order valence-corrected chi connectivity index (χ1v) is 6.49. The Morgan fingerprint density at radius 1 is 0.722 bits per heavy atom. The molecule has 0 fully saturated rings. The molecule has 0 saturated heterocycles. The Morgan fingerprint density at radius 2 is 1.11 bits per heavy atom. The van der Waals surface area contributed by atoms with Crippen LogP contribution in [0.5, 0.6) is 0 Å². The summed E-state index contributed by atoms with van der Waals surface area (Å²) in [5, 5.41) is 0. The van der Waals surface area contributed by atoms with E-state index in [2.05, 4.69) is 49.4 Å². The molecule has 0 aliphatic heterocycles. The normalized spacial score (nSPS) is 10.2. The third-order valence-electron chi connectivity index (χ3n) is 3.24. The van der Waals surface area contributed by atoms with Crippen LogP contribution in [0.2, 0.25) is 27.3 Å². The largest absolute Gasteiger partial charge is 0.265 e. The van der Waals surface area contributed by atoms with Gasteiger partial charge in [0, 0.05) is 24.8 Å². The molecule has 2 rings (SSSR count). The minimum atomic E-state index is 0.474. The second kappa shape index (κ2) is 5.38. The number of aromatic nitrogens is 2. The topological polar surface area (TPSA) is 25.8 Å². The van der Waals surface area contributed by atoms with E-state index in [1.807, 2.05) is 24.8 Å². The monoisotopic (exact) mass is 236 g/mol. The van der Waals surface area contributed by atoms with Crippen molar-refractivity contribution in [2.24, 2.45) is 0 Å². The van der Waals surface area contributed by atoms with Crippen LogP contribution in [-0.2, 0) is 0 Å². The van der Waals surface area contributed by atoms with Gasteiger partial charge < -0.3 is 0 Å². The molecule has 2 aromatic rings. The van der Waals surface area contributed by atoms with Crippen molar-refractivity contribution in [1.82, 2.24) is 9.97 Å². The van der Waals surface area contributed by atoms with Crippen LogP contribution < -0.4 is 10.9 Å². The average Bonchev–Trinajstić information content (AvgIpc) is 2.38. The third-order valence-corrected chi connectivity index (χ3v) is 3.24. The van der Waals surface area contributed by atoms with Gasteiger partial charge in [0.1, 0.15) is 0 Å². The van der Waals surface area contributed by atoms with E-state index in [9.17, 15) is 0 Å². The molecule has 0 N–H and O–H groups in total. The second-order valence-corrected chi connectivity index (χ2v) is 5.24. The molecule has 2 aromatic heterocycles. The second-order valence-electron chi connectivity index (χ2n) is 5.24. The zero-order chi connectivity index (χ0) is 13.1. The molecule has 0 bridgehead atoms. The summed E-state index contributed by atoms with van der Waals surface area (Å²) in [7, 11) is 0. The van der Waals surface area contributed by atoms with E-state index in [0.29, 0.717) is 13.4 Å². The summed E-state index contributed by atoms with van der Waals surface area (Å²) < 4.78 is 0. The maximum atomic E-state index is 4.25. The summed E-state index contributed by atoms with van der Waals surface area (Å²) >= 11 is 0. The smallest absolute Gasteiger partial charge is 0.172 e. The van der Waals surface area contributed by atoms with Crippen LogP contribution in [0, 0.1) is 0 Å². The van der Waals surface area contributed by atoms with Gasteiger partial charge in [0.05, 0.1) is 0 Å². The molecule has 0 atom stereocenters. The number of rotatable bonds is 3. The van der Waals surface area contributed by atoms with E-state index in [4.69, 9.17) is 0 Å². The van der Waals surface area contributed by atoms with E-state index in [0.717, 1.165) is 0 Å². The lowest BCUT2D eigenvalue weighted by molar-refractivity contribution is 1.33. The maximum Gasteiger partial charge on any atom is 0.172 e. The van der Waals surface area contributed by atoms with E-state index in [1.54, 1.807) is 0 Å². The molecule has 0 aromatic carbocycles. The molecule has 4 heteroatoms. The molecule has 2 heterocycles. The Labute approximate surface area is 110 Å². The van der Waals surface area contributed by atoms with Crippen molar-refractivity contribution in [3.8, 4) is 11.1 Å². The Balaban J connectivity index is 2.62. The fraction of sp³-hybridized carbons (Fsp3) is 0.286. The van der Waals surface area contributed by atoms with Crippen molar-refractivity contribution in [3.05, 3.63) is 36.9 Å². The van der Waals surface area contributed by atoms with Crippen LogP contribution in [0.3, 0.4) is 0 Å². The summed E-state index contributed by atoms with van der Waals surface area (Å²) in [6, 6.07) is 4.22. The van der Waals surface area contributed by atoms with E-state index < -0.39 is 0 Å². The molecule has 0 radical (unpaired) electrons. The average molecular weight is 236 g/mol. The molecule has 2 nitrogen and oxygen atoms in total. The first-order chi connectivity index (χ1) is 8.61. The minimum Gasteiger partial charge on any atom is -0.265 e. The summed E-state index contributed by atoms with van der Waals surface area (Å²) in [6.45, 7) is 9.77. The highest BCUT2D eigenvalue weighted by Crippen LogP contribution is 2.15. The first-order valence-electron chi connectivity index (χ1n) is 6.49. The van der Waals surface area contributed by atoms with Gasteiger partial charge in [0.15, 0.2) is 13.4 Å². The van der Waals surface area contributed by atoms with Crippen LogP contribution in [0.25, 0.3) is 11.1 Å². The lowest BCUT2D eigenvalue weighted by atomic mass is 9.46. The number of pyridine rings is 2. The molecule has 0 aliphatic rings. The van der Waals surface area contributed by atoms with Crippen LogP contribution in [0.4, 0.5) is 0 Å². The number of hydrogen-bond donors (Lipinski definition) is 0. The molecule has 0 spiro atoms. The zero-order valence-corrected chi connectivity index (χ0v) is 11.5. The van der Waals surface area contributed by atoms with Gasteiger partial charge in [-0.1, -0.05) is 38.2 Å². The summed E-state index contributed by atoms with van der Waals surface area (Å²) in [4.78, 5) is 8.50. The predicted molar refractivity (Wildman–Crippen MR) is 81.7 cm³/mol. The van der Waals surface area contributed by atoms with Crippen molar-refractivity contribution >= 4 is 24.4 Å². The van der Waals surface area contributed by atoms with Crippen molar-refractivity contribution in [2.45, 2.75) is 27.3 Å². The highest BCUT2D eigenvalue weighted by atomic mass is 14.6. The van der Waals surface area contributed by atoms with Gasteiger partial charge in [-0.25, -0.2) is 0 Å². The molecule has 0 saturated carbocycles. The number of nitrogens with zero attached hydrogens (tertiary/aromatic N) is 2. The van der Waals surface area contributed by atoms with Crippen LogP contribution in [0.15, 0.2) is 36.9 Å². The van der Waals surface area contributed by atoms with Crippen LogP contribution in [0.1, 0.15) is 0 Å². The van der Waals surface area contributed by atoms with E-state index >= 15 is 0 Å². The Hall–Kier alpha value is -1.57. The molecule has 0 aliphatic carbocycles. The van der Waals surface area contributed by atoms with E-state index in [1.165, 1.54) is 22.1 Å². The molecule has 0 unspecified atom stereocenters. The van der Waals surface area contributed by atoms with Crippen molar-refractivity contribution in [2.75, 3.05) is 0 Å². The Bertz CT molecular complexity index is 489. The van der Waals surface area contributed by atoms with Gasteiger partial charge in [-0.3, -0.25) is 9.97 Å². The third kappa shape index (κ3) is 2.47. The zero-order valence-electron chi connectivity index (χ0n) is 11.5. The SMILES string of the molecule is CB(C)c1cnccc1-c1ccncc1B(C)C. The number of hydrogen-bond acceptors (Lipinski definition) is 2. The lowest BCUT2D eigenvalue weighted by Crippen LogP contribution is -2.30. The summed E-state index contributed by atoms with van der Waals surface area (Å²) in [5.41, 5.74) is 5.16. The molecule has 90 valence electrons. The van der Waals surface area contributed by atoms with Crippen molar-refractivity contribution < 1.29 is 0 Å². The summed E-state index contributed by atoms with van der Waals surface area (Å²) in [5.74, 6) is 0. The van der Waals surface area contributed by atoms with Crippen molar-refractivity contribution in [1.29, 1.82) is 0 Å². The Kier molecular flexibility index (Phi) is 3.85. The predicted octanol–water partition coefficient (Wildman–Crippen LogP) is 2.07. The van der Waals surface area contributed by atoms with Crippen LogP contribution in [-0.4, -0.2) is 23.4 Å². The quantitative estimate of drug-likeness (QED) is 0.762. The molecule has 0 amide bonds. The van der Waals surface area contributed by atoms with Gasteiger partial charge >= 0.3 is 0 Å². The standard InChI is InChI=1S/C14H18B2N2/c1-15(2)13-9-17-7-5-11(13)12-6-8-18-10-14(12)16(3)4/h5-10H,1-4H3. The van der Waals surface area contributed by atoms with Crippen LogP contribution >= 0.6 is 0 Å². The van der Waals surface area contributed by atoms with E-state index in [-0.39, 0.29) is 0 Å². The Morgan fingerprint density at radius 3 is 1.44 bits per heavy atom. The van der Waals surface area contributed by atoms with Gasteiger partial charge in [-0.2, -0.15) is 0 Å². The maximum absolute atomic E-state index is 4.25. The van der Waals surface area contributed by atoms with Gasteiger partial charge in [-0.05, 0) is 23.3 Å². The van der Waals surface area contributed by atoms with Crippen molar-refractivity contribution in [3.63, 3.8) is 0 Å². The minimum absolute atomic E-state index is 0.474. The lowest BCUT2D eigenvalue weighted by Gasteiger charge is -2.15. The summed E-state index contributed by atoms with van der Waals surface area (Å²) in [6.07, 6.45) is 7.69. The highest BCUT2D eigenvalue weighted by Gasteiger charge is 2.15. The highest BCUT2D eigenvalue weighted by molar-refractivity contribution is 6.74. The fourth-order valence-corrected chi connectivity index (χ4v) is 2.22. The molecule has 18 heavy (non-hydrogen) atoms. The molecular weight excluding hydrogens is 218 g/mol.